The Kier molecular flexibility index (Phi) is 3.66. The third-order valence-electron chi connectivity index (χ3n) is 2.63. The first-order chi connectivity index (χ1) is 8.10. The van der Waals surface area contributed by atoms with E-state index in [1.807, 2.05) is 37.1 Å². The second-order valence-electron chi connectivity index (χ2n) is 3.97. The molecule has 2 heterocycles. The summed E-state index contributed by atoms with van der Waals surface area (Å²) >= 11 is 2.24. The summed E-state index contributed by atoms with van der Waals surface area (Å²) in [5, 5.41) is 4.20. The molecule has 0 aromatic carbocycles. The van der Waals surface area contributed by atoms with Crippen molar-refractivity contribution >= 4 is 22.6 Å². The largest absolute Gasteiger partial charge is 0.310 e. The molecule has 0 spiro atoms. The monoisotopic (exact) mass is 343 g/mol. The standard InChI is InChI=1S/C12H14IN3O/c1-3-16-7-10(5-14-16)6-15-8-11(13)9(2)4-12(15)17/h4-5,7-8H,3,6H2,1-2H3. The van der Waals surface area contributed by atoms with Gasteiger partial charge in [-0.05, 0) is 42.0 Å². The summed E-state index contributed by atoms with van der Waals surface area (Å²) in [6.07, 6.45) is 5.67. The van der Waals surface area contributed by atoms with Crippen molar-refractivity contribution in [2.75, 3.05) is 0 Å². The van der Waals surface area contributed by atoms with Gasteiger partial charge in [0.2, 0.25) is 0 Å². The molecule has 0 atom stereocenters. The van der Waals surface area contributed by atoms with Crippen LogP contribution in [-0.4, -0.2) is 14.3 Å². The van der Waals surface area contributed by atoms with E-state index in [9.17, 15) is 4.79 Å². The summed E-state index contributed by atoms with van der Waals surface area (Å²) in [6.45, 7) is 5.41. The fourth-order valence-electron chi connectivity index (χ4n) is 1.62. The van der Waals surface area contributed by atoms with Crippen LogP contribution in [0.5, 0.6) is 0 Å². The van der Waals surface area contributed by atoms with Crippen molar-refractivity contribution in [2.24, 2.45) is 0 Å². The fraction of sp³-hybridized carbons (Fsp3) is 0.333. The number of halogens is 1. The maximum Gasteiger partial charge on any atom is 0.251 e. The van der Waals surface area contributed by atoms with Gasteiger partial charge < -0.3 is 4.57 Å². The molecule has 0 bridgehead atoms. The average Bonchev–Trinajstić information content (AvgIpc) is 2.73. The molecule has 0 fully saturated rings. The molecule has 90 valence electrons. The van der Waals surface area contributed by atoms with E-state index >= 15 is 0 Å². The molecule has 4 nitrogen and oxygen atoms in total. The van der Waals surface area contributed by atoms with Crippen molar-refractivity contribution in [3.8, 4) is 0 Å². The zero-order valence-corrected chi connectivity index (χ0v) is 12.0. The molecule has 2 aromatic heterocycles. The van der Waals surface area contributed by atoms with Gasteiger partial charge in [0.1, 0.15) is 0 Å². The molecular weight excluding hydrogens is 329 g/mol. The van der Waals surface area contributed by atoms with Gasteiger partial charge in [-0.15, -0.1) is 0 Å². The van der Waals surface area contributed by atoms with Gasteiger partial charge in [0.15, 0.2) is 0 Å². The van der Waals surface area contributed by atoms with Gasteiger partial charge in [-0.3, -0.25) is 9.48 Å². The Morgan fingerprint density at radius 2 is 2.18 bits per heavy atom. The number of nitrogens with zero attached hydrogens (tertiary/aromatic N) is 3. The van der Waals surface area contributed by atoms with Crippen LogP contribution in [0.1, 0.15) is 18.1 Å². The van der Waals surface area contributed by atoms with Crippen LogP contribution in [0.3, 0.4) is 0 Å². The number of aromatic nitrogens is 3. The molecule has 0 N–H and O–H groups in total. The number of hydrogen-bond acceptors (Lipinski definition) is 2. The van der Waals surface area contributed by atoms with Crippen molar-refractivity contribution in [1.29, 1.82) is 0 Å². The van der Waals surface area contributed by atoms with Gasteiger partial charge in [-0.25, -0.2) is 0 Å². The lowest BCUT2D eigenvalue weighted by atomic mass is 10.3. The highest BCUT2D eigenvalue weighted by Gasteiger charge is 2.03. The summed E-state index contributed by atoms with van der Waals surface area (Å²) in [5.41, 5.74) is 2.11. The maximum atomic E-state index is 11.8. The van der Waals surface area contributed by atoms with Crippen molar-refractivity contribution in [1.82, 2.24) is 14.3 Å². The van der Waals surface area contributed by atoms with Crippen molar-refractivity contribution in [3.63, 3.8) is 0 Å². The van der Waals surface area contributed by atoms with Gasteiger partial charge >= 0.3 is 0 Å². The molecule has 5 heteroatoms. The van der Waals surface area contributed by atoms with E-state index in [-0.39, 0.29) is 5.56 Å². The summed E-state index contributed by atoms with van der Waals surface area (Å²) < 4.78 is 4.68. The van der Waals surface area contributed by atoms with Crippen LogP contribution in [0, 0.1) is 10.5 Å². The Bertz CT molecular complexity index is 586. The van der Waals surface area contributed by atoms with E-state index in [0.29, 0.717) is 6.54 Å². The number of hydrogen-bond donors (Lipinski definition) is 0. The molecule has 0 aliphatic heterocycles. The molecule has 0 aliphatic carbocycles. The molecule has 0 amide bonds. The third-order valence-corrected chi connectivity index (χ3v) is 3.76. The molecule has 0 saturated heterocycles. The van der Waals surface area contributed by atoms with E-state index in [1.165, 1.54) is 0 Å². The van der Waals surface area contributed by atoms with Crippen molar-refractivity contribution < 1.29 is 0 Å². The van der Waals surface area contributed by atoms with Crippen LogP contribution in [-0.2, 0) is 13.1 Å². The first kappa shape index (κ1) is 12.3. The highest BCUT2D eigenvalue weighted by Crippen LogP contribution is 2.08. The van der Waals surface area contributed by atoms with E-state index in [4.69, 9.17) is 0 Å². The van der Waals surface area contributed by atoms with Gasteiger partial charge in [0.25, 0.3) is 5.56 Å². The highest BCUT2D eigenvalue weighted by molar-refractivity contribution is 14.1. The van der Waals surface area contributed by atoms with Gasteiger partial charge in [0.05, 0.1) is 12.7 Å². The summed E-state index contributed by atoms with van der Waals surface area (Å²) in [4.78, 5) is 11.8. The second-order valence-corrected chi connectivity index (χ2v) is 5.14. The van der Waals surface area contributed by atoms with Crippen LogP contribution in [0.15, 0.2) is 29.5 Å². The Morgan fingerprint density at radius 1 is 1.41 bits per heavy atom. The van der Waals surface area contributed by atoms with Gasteiger partial charge in [-0.1, -0.05) is 0 Å². The minimum atomic E-state index is 0.0344. The van der Waals surface area contributed by atoms with Crippen LogP contribution in [0.25, 0.3) is 0 Å². The lowest BCUT2D eigenvalue weighted by Gasteiger charge is -2.05. The van der Waals surface area contributed by atoms with Gasteiger partial charge in [0, 0.05) is 34.1 Å². The number of aryl methyl sites for hydroxylation is 2. The number of pyridine rings is 1. The van der Waals surface area contributed by atoms with Crippen LogP contribution in [0.2, 0.25) is 0 Å². The molecule has 2 aromatic rings. The van der Waals surface area contributed by atoms with E-state index in [0.717, 1.165) is 21.2 Å². The van der Waals surface area contributed by atoms with E-state index in [1.54, 1.807) is 10.6 Å². The Morgan fingerprint density at radius 3 is 2.82 bits per heavy atom. The molecule has 0 saturated carbocycles. The lowest BCUT2D eigenvalue weighted by Crippen LogP contribution is -2.20. The van der Waals surface area contributed by atoms with E-state index < -0.39 is 0 Å². The van der Waals surface area contributed by atoms with Crippen LogP contribution < -0.4 is 5.56 Å². The number of rotatable bonds is 3. The molecule has 2 rings (SSSR count). The molecule has 0 unspecified atom stereocenters. The minimum Gasteiger partial charge on any atom is -0.310 e. The lowest BCUT2D eigenvalue weighted by molar-refractivity contribution is 0.658. The third kappa shape index (κ3) is 2.77. The maximum absolute atomic E-state index is 11.8. The first-order valence-electron chi connectivity index (χ1n) is 5.48. The Labute approximate surface area is 113 Å². The second kappa shape index (κ2) is 5.03. The molecule has 17 heavy (non-hydrogen) atoms. The van der Waals surface area contributed by atoms with Crippen molar-refractivity contribution in [3.05, 3.63) is 49.7 Å². The first-order valence-corrected chi connectivity index (χ1v) is 6.56. The average molecular weight is 343 g/mol. The zero-order valence-electron chi connectivity index (χ0n) is 9.85. The molecule has 0 aliphatic rings. The SMILES string of the molecule is CCn1cc(Cn2cc(I)c(C)cc2=O)cn1. The Balaban J connectivity index is 2.30. The predicted molar refractivity (Wildman–Crippen MR) is 75.2 cm³/mol. The predicted octanol–water partition coefficient (Wildman–Crippen LogP) is 2.03. The van der Waals surface area contributed by atoms with Gasteiger partial charge in [-0.2, -0.15) is 5.10 Å². The molecule has 0 radical (unpaired) electrons. The van der Waals surface area contributed by atoms with Crippen molar-refractivity contribution in [2.45, 2.75) is 26.9 Å². The topological polar surface area (TPSA) is 39.8 Å². The Hall–Kier alpha value is -1.11. The summed E-state index contributed by atoms with van der Waals surface area (Å²) in [6, 6.07) is 1.67. The quantitative estimate of drug-likeness (QED) is 0.800. The van der Waals surface area contributed by atoms with Crippen LogP contribution >= 0.6 is 22.6 Å². The smallest absolute Gasteiger partial charge is 0.251 e. The fourth-order valence-corrected chi connectivity index (χ4v) is 2.11. The summed E-state index contributed by atoms with van der Waals surface area (Å²) in [7, 11) is 0. The zero-order chi connectivity index (χ0) is 12.4. The van der Waals surface area contributed by atoms with E-state index in [2.05, 4.69) is 27.7 Å². The van der Waals surface area contributed by atoms with Crippen LogP contribution in [0.4, 0.5) is 0 Å². The summed E-state index contributed by atoms with van der Waals surface area (Å²) in [5.74, 6) is 0. The normalized spacial score (nSPS) is 10.8. The highest BCUT2D eigenvalue weighted by atomic mass is 127. The molecular formula is C12H14IN3O. The minimum absolute atomic E-state index is 0.0344.